The highest BCUT2D eigenvalue weighted by Crippen LogP contribution is 2.25. The first kappa shape index (κ1) is 15.8. The molecule has 2 heterocycles. The molecule has 23 heavy (non-hydrogen) atoms. The SMILES string of the molecule is CC(CCC1CCCO1)NC(=O)c1occc1-c1ccccc1. The fraction of sp³-hybridized carbons (Fsp3) is 0.421. The summed E-state index contributed by atoms with van der Waals surface area (Å²) in [5.41, 5.74) is 1.81. The van der Waals surface area contributed by atoms with E-state index in [1.54, 1.807) is 6.26 Å². The number of benzene rings is 1. The number of amides is 1. The molecule has 1 aliphatic rings. The van der Waals surface area contributed by atoms with Crippen molar-refractivity contribution >= 4 is 5.91 Å². The normalized spacial score (nSPS) is 18.7. The summed E-state index contributed by atoms with van der Waals surface area (Å²) in [6.07, 6.45) is 6.12. The maximum absolute atomic E-state index is 12.5. The molecule has 0 radical (unpaired) electrons. The molecule has 0 saturated carbocycles. The van der Waals surface area contributed by atoms with Crippen molar-refractivity contribution in [2.75, 3.05) is 6.61 Å². The van der Waals surface area contributed by atoms with Gasteiger partial charge in [-0.15, -0.1) is 0 Å². The Kier molecular flexibility index (Phi) is 5.13. The van der Waals surface area contributed by atoms with Gasteiger partial charge >= 0.3 is 0 Å². The average Bonchev–Trinajstić information content (AvgIpc) is 3.25. The molecule has 1 aromatic heterocycles. The van der Waals surface area contributed by atoms with Crippen molar-refractivity contribution in [2.24, 2.45) is 0 Å². The van der Waals surface area contributed by atoms with Crippen molar-refractivity contribution in [1.29, 1.82) is 0 Å². The van der Waals surface area contributed by atoms with Crippen LogP contribution in [-0.2, 0) is 4.74 Å². The van der Waals surface area contributed by atoms with E-state index in [2.05, 4.69) is 5.32 Å². The predicted octanol–water partition coefficient (Wildman–Crippen LogP) is 4.02. The number of hydrogen-bond donors (Lipinski definition) is 1. The van der Waals surface area contributed by atoms with Crippen LogP contribution in [0.25, 0.3) is 11.1 Å². The molecule has 1 aromatic carbocycles. The van der Waals surface area contributed by atoms with Crippen LogP contribution >= 0.6 is 0 Å². The molecule has 4 heteroatoms. The first-order valence-corrected chi connectivity index (χ1v) is 8.29. The standard InChI is InChI=1S/C19H23NO3/c1-14(9-10-16-8-5-12-22-16)20-19(21)18-17(11-13-23-18)15-6-3-2-4-7-15/h2-4,6-7,11,13-14,16H,5,8-10,12H2,1H3,(H,20,21). The number of rotatable bonds is 6. The zero-order valence-electron chi connectivity index (χ0n) is 13.5. The maximum Gasteiger partial charge on any atom is 0.287 e. The molecule has 1 saturated heterocycles. The van der Waals surface area contributed by atoms with Crippen molar-refractivity contribution in [3.63, 3.8) is 0 Å². The van der Waals surface area contributed by atoms with E-state index >= 15 is 0 Å². The Labute approximate surface area is 136 Å². The molecule has 0 spiro atoms. The van der Waals surface area contributed by atoms with Gasteiger partial charge < -0.3 is 14.5 Å². The van der Waals surface area contributed by atoms with Crippen LogP contribution in [0.1, 0.15) is 43.2 Å². The number of furan rings is 1. The number of hydrogen-bond acceptors (Lipinski definition) is 3. The Morgan fingerprint density at radius 2 is 2.13 bits per heavy atom. The van der Waals surface area contributed by atoms with Gasteiger partial charge in [0.05, 0.1) is 12.4 Å². The summed E-state index contributed by atoms with van der Waals surface area (Å²) in [6.45, 7) is 2.90. The van der Waals surface area contributed by atoms with Crippen LogP contribution in [0.15, 0.2) is 47.1 Å². The van der Waals surface area contributed by atoms with E-state index in [0.29, 0.717) is 11.9 Å². The average molecular weight is 313 g/mol. The second-order valence-electron chi connectivity index (χ2n) is 6.12. The highest BCUT2D eigenvalue weighted by Gasteiger charge is 2.20. The van der Waals surface area contributed by atoms with Crippen LogP contribution < -0.4 is 5.32 Å². The van der Waals surface area contributed by atoms with E-state index in [-0.39, 0.29) is 11.9 Å². The van der Waals surface area contributed by atoms with E-state index in [9.17, 15) is 4.79 Å². The lowest BCUT2D eigenvalue weighted by atomic mass is 10.0. The molecular weight excluding hydrogens is 290 g/mol. The van der Waals surface area contributed by atoms with Gasteiger partial charge in [-0.3, -0.25) is 4.79 Å². The third-order valence-electron chi connectivity index (χ3n) is 4.28. The van der Waals surface area contributed by atoms with Crippen molar-refractivity contribution in [2.45, 2.75) is 44.8 Å². The van der Waals surface area contributed by atoms with Gasteiger partial charge in [0.2, 0.25) is 0 Å². The summed E-state index contributed by atoms with van der Waals surface area (Å²) in [6, 6.07) is 11.7. The Bertz CT molecular complexity index is 629. The summed E-state index contributed by atoms with van der Waals surface area (Å²) in [5, 5.41) is 3.03. The van der Waals surface area contributed by atoms with E-state index in [4.69, 9.17) is 9.15 Å². The van der Waals surface area contributed by atoms with Crippen LogP contribution in [0.4, 0.5) is 0 Å². The molecule has 122 valence electrons. The number of ether oxygens (including phenoxy) is 1. The summed E-state index contributed by atoms with van der Waals surface area (Å²) in [7, 11) is 0. The van der Waals surface area contributed by atoms with Gasteiger partial charge in [0, 0.05) is 18.2 Å². The van der Waals surface area contributed by atoms with Gasteiger partial charge in [0.15, 0.2) is 5.76 Å². The summed E-state index contributed by atoms with van der Waals surface area (Å²) in [5.74, 6) is 0.217. The molecule has 3 rings (SSSR count). The molecular formula is C19H23NO3. The quantitative estimate of drug-likeness (QED) is 0.876. The highest BCUT2D eigenvalue weighted by atomic mass is 16.5. The lowest BCUT2D eigenvalue weighted by molar-refractivity contribution is 0.0878. The van der Waals surface area contributed by atoms with Crippen molar-refractivity contribution in [3.05, 3.63) is 48.4 Å². The van der Waals surface area contributed by atoms with Crippen molar-refractivity contribution in [3.8, 4) is 11.1 Å². The lowest BCUT2D eigenvalue weighted by Gasteiger charge is -2.16. The van der Waals surface area contributed by atoms with Gasteiger partial charge in [0.25, 0.3) is 5.91 Å². The molecule has 1 amide bonds. The molecule has 2 aromatic rings. The minimum absolute atomic E-state index is 0.0976. The van der Waals surface area contributed by atoms with E-state index in [0.717, 1.165) is 43.4 Å². The Balaban J connectivity index is 1.59. The van der Waals surface area contributed by atoms with E-state index < -0.39 is 0 Å². The fourth-order valence-electron chi connectivity index (χ4n) is 3.00. The largest absolute Gasteiger partial charge is 0.459 e. The third kappa shape index (κ3) is 4.02. The molecule has 2 atom stereocenters. The predicted molar refractivity (Wildman–Crippen MR) is 89.3 cm³/mol. The van der Waals surface area contributed by atoms with Gasteiger partial charge in [-0.1, -0.05) is 30.3 Å². The molecule has 4 nitrogen and oxygen atoms in total. The lowest BCUT2D eigenvalue weighted by Crippen LogP contribution is -2.33. The maximum atomic E-state index is 12.5. The monoisotopic (exact) mass is 313 g/mol. The zero-order valence-corrected chi connectivity index (χ0v) is 13.5. The Morgan fingerprint density at radius 1 is 1.30 bits per heavy atom. The molecule has 2 unspecified atom stereocenters. The molecule has 0 aliphatic carbocycles. The minimum Gasteiger partial charge on any atom is -0.459 e. The second-order valence-corrected chi connectivity index (χ2v) is 6.12. The smallest absolute Gasteiger partial charge is 0.287 e. The minimum atomic E-state index is -0.159. The van der Waals surface area contributed by atoms with E-state index in [1.807, 2.05) is 43.3 Å². The van der Waals surface area contributed by atoms with Gasteiger partial charge in [-0.25, -0.2) is 0 Å². The first-order chi connectivity index (χ1) is 11.2. The zero-order chi connectivity index (χ0) is 16.1. The van der Waals surface area contributed by atoms with E-state index in [1.165, 1.54) is 0 Å². The summed E-state index contributed by atoms with van der Waals surface area (Å²) in [4.78, 5) is 12.5. The van der Waals surface area contributed by atoms with Gasteiger partial charge in [-0.2, -0.15) is 0 Å². The van der Waals surface area contributed by atoms with Crippen LogP contribution in [0.3, 0.4) is 0 Å². The first-order valence-electron chi connectivity index (χ1n) is 8.29. The second kappa shape index (κ2) is 7.47. The number of carbonyl (C=O) groups is 1. The van der Waals surface area contributed by atoms with Crippen LogP contribution in [0.5, 0.6) is 0 Å². The highest BCUT2D eigenvalue weighted by molar-refractivity contribution is 5.98. The van der Waals surface area contributed by atoms with Gasteiger partial charge in [-0.05, 0) is 44.2 Å². The Hall–Kier alpha value is -2.07. The van der Waals surface area contributed by atoms with Crippen LogP contribution in [0, 0.1) is 0 Å². The van der Waals surface area contributed by atoms with Gasteiger partial charge in [0.1, 0.15) is 0 Å². The van der Waals surface area contributed by atoms with Crippen LogP contribution in [-0.4, -0.2) is 24.7 Å². The van der Waals surface area contributed by atoms with Crippen LogP contribution in [0.2, 0.25) is 0 Å². The fourth-order valence-corrected chi connectivity index (χ4v) is 3.00. The summed E-state index contributed by atoms with van der Waals surface area (Å²) >= 11 is 0. The molecule has 1 aliphatic heterocycles. The third-order valence-corrected chi connectivity index (χ3v) is 4.28. The number of carbonyl (C=O) groups excluding carboxylic acids is 1. The molecule has 0 bridgehead atoms. The topological polar surface area (TPSA) is 51.5 Å². The number of nitrogens with one attached hydrogen (secondary N) is 1. The summed E-state index contributed by atoms with van der Waals surface area (Å²) < 4.78 is 11.0. The molecule has 1 fully saturated rings. The molecule has 1 N–H and O–H groups in total. The van der Waals surface area contributed by atoms with Crippen molar-refractivity contribution in [1.82, 2.24) is 5.32 Å². The Morgan fingerprint density at radius 3 is 2.87 bits per heavy atom. The van der Waals surface area contributed by atoms with Crippen molar-refractivity contribution < 1.29 is 13.9 Å².